The summed E-state index contributed by atoms with van der Waals surface area (Å²) in [4.78, 5) is 17.0. The van der Waals surface area contributed by atoms with Crippen LogP contribution in [0.3, 0.4) is 0 Å². The predicted octanol–water partition coefficient (Wildman–Crippen LogP) is 5.59. The van der Waals surface area contributed by atoms with Crippen molar-refractivity contribution >= 4 is 7.82 Å². The minimum Gasteiger partial charge on any atom is -0.379 e. The maximum atomic E-state index is 10.4. The van der Waals surface area contributed by atoms with Crippen molar-refractivity contribution in [2.45, 2.75) is 96.8 Å². The minimum absolute atomic E-state index is 0.0527. The van der Waals surface area contributed by atoms with Gasteiger partial charge in [-0.1, -0.05) is 90.4 Å². The summed E-state index contributed by atoms with van der Waals surface area (Å²) in [6, 6.07) is 0. The Morgan fingerprint density at radius 2 is 1.04 bits per heavy atom. The Morgan fingerprint density at radius 1 is 0.625 bits per heavy atom. The Hall–Kier alpha value is 0.0700. The van der Waals surface area contributed by atoms with Crippen molar-refractivity contribution in [1.29, 1.82) is 0 Å². The first-order chi connectivity index (χ1) is 11.6. The van der Waals surface area contributed by atoms with E-state index < -0.39 is 7.82 Å². The number of phosphoric ester groups is 1. The molecule has 0 aliphatic carbocycles. The van der Waals surface area contributed by atoms with Gasteiger partial charge in [0.1, 0.15) is 0 Å². The molecule has 24 heavy (non-hydrogen) atoms. The van der Waals surface area contributed by atoms with Crippen LogP contribution in [-0.4, -0.2) is 29.6 Å². The van der Waals surface area contributed by atoms with E-state index in [1.807, 2.05) is 0 Å². The van der Waals surface area contributed by atoms with Gasteiger partial charge in [0, 0.05) is 6.61 Å². The lowest BCUT2D eigenvalue weighted by Crippen LogP contribution is -2.04. The highest BCUT2D eigenvalue weighted by Gasteiger charge is 2.12. The number of hydrogen-bond donors (Lipinski definition) is 2. The number of hydrogen-bond acceptors (Lipinski definition) is 3. The predicted molar refractivity (Wildman–Crippen MR) is 99.1 cm³/mol. The van der Waals surface area contributed by atoms with Crippen molar-refractivity contribution in [3.8, 4) is 0 Å². The van der Waals surface area contributed by atoms with Gasteiger partial charge >= 0.3 is 7.82 Å². The third-order valence-electron chi connectivity index (χ3n) is 4.13. The molecule has 0 aliphatic rings. The van der Waals surface area contributed by atoms with Crippen LogP contribution in [0.5, 0.6) is 0 Å². The van der Waals surface area contributed by atoms with Gasteiger partial charge in [-0.3, -0.25) is 4.52 Å². The Kier molecular flexibility index (Phi) is 17.9. The van der Waals surface area contributed by atoms with Crippen molar-refractivity contribution in [2.75, 3.05) is 19.8 Å². The molecule has 0 fully saturated rings. The quantitative estimate of drug-likeness (QED) is 0.230. The summed E-state index contributed by atoms with van der Waals surface area (Å²) in [5, 5.41) is 0. The molecule has 5 nitrogen and oxygen atoms in total. The summed E-state index contributed by atoms with van der Waals surface area (Å²) in [5.74, 6) is 0. The lowest BCUT2D eigenvalue weighted by Gasteiger charge is -2.06. The average Bonchev–Trinajstić information content (AvgIpc) is 2.52. The van der Waals surface area contributed by atoms with Crippen molar-refractivity contribution < 1.29 is 23.6 Å². The van der Waals surface area contributed by atoms with Crippen molar-refractivity contribution in [3.63, 3.8) is 0 Å². The number of unbranched alkanes of at least 4 members (excludes halogenated alkanes) is 13. The normalized spacial score (nSPS) is 12.0. The molecule has 0 saturated carbocycles. The summed E-state index contributed by atoms with van der Waals surface area (Å²) in [7, 11) is -4.34. The highest BCUT2D eigenvalue weighted by molar-refractivity contribution is 7.46. The topological polar surface area (TPSA) is 76.0 Å². The Balaban J connectivity index is 3.02. The second-order valence-corrected chi connectivity index (χ2v) is 7.77. The third-order valence-corrected chi connectivity index (χ3v) is 4.65. The SMILES string of the molecule is CCCCCCCCCCCCCCCCOCCOP(=O)(O)O. The smallest absolute Gasteiger partial charge is 0.379 e. The maximum absolute atomic E-state index is 10.4. The van der Waals surface area contributed by atoms with Crippen LogP contribution in [0.25, 0.3) is 0 Å². The molecule has 0 aromatic heterocycles. The molecular formula is C18H39O5P. The number of phosphoric acid groups is 1. The van der Waals surface area contributed by atoms with Crippen molar-refractivity contribution in [2.24, 2.45) is 0 Å². The molecular weight excluding hydrogens is 327 g/mol. The number of rotatable bonds is 19. The third kappa shape index (κ3) is 22.1. The van der Waals surface area contributed by atoms with Crippen LogP contribution in [0.2, 0.25) is 0 Å². The zero-order valence-corrected chi connectivity index (χ0v) is 16.5. The maximum Gasteiger partial charge on any atom is 0.469 e. The first kappa shape index (κ1) is 24.1. The molecule has 0 saturated heterocycles. The highest BCUT2D eigenvalue weighted by Crippen LogP contribution is 2.35. The standard InChI is InChI=1S/C18H39O5P/c1-2-3-4-5-6-7-8-9-10-11-12-13-14-15-16-22-17-18-23-24(19,20)21/h2-18H2,1H3,(H2,19,20,21). The summed E-state index contributed by atoms with van der Waals surface area (Å²) >= 11 is 0. The van der Waals surface area contributed by atoms with Gasteiger partial charge in [-0.25, -0.2) is 4.57 Å². The summed E-state index contributed by atoms with van der Waals surface area (Å²) in [5.41, 5.74) is 0. The minimum atomic E-state index is -4.34. The molecule has 0 aromatic rings. The van der Waals surface area contributed by atoms with Crippen LogP contribution in [0.1, 0.15) is 96.8 Å². The van der Waals surface area contributed by atoms with E-state index in [2.05, 4.69) is 11.4 Å². The van der Waals surface area contributed by atoms with E-state index >= 15 is 0 Å². The van der Waals surface area contributed by atoms with Crippen molar-refractivity contribution in [1.82, 2.24) is 0 Å². The van der Waals surface area contributed by atoms with Crippen molar-refractivity contribution in [3.05, 3.63) is 0 Å². The molecule has 0 radical (unpaired) electrons. The molecule has 0 atom stereocenters. The zero-order chi connectivity index (χ0) is 17.9. The Bertz CT molecular complexity index is 293. The van der Waals surface area contributed by atoms with E-state index in [4.69, 9.17) is 14.5 Å². The van der Waals surface area contributed by atoms with Crippen LogP contribution in [0, 0.1) is 0 Å². The van der Waals surface area contributed by atoms with Crippen LogP contribution in [0.4, 0.5) is 0 Å². The molecule has 0 amide bonds. The van der Waals surface area contributed by atoms with E-state index in [9.17, 15) is 4.57 Å². The Labute approximate surface area is 148 Å². The fraction of sp³-hybridized carbons (Fsp3) is 1.00. The van der Waals surface area contributed by atoms with Crippen LogP contribution in [0.15, 0.2) is 0 Å². The summed E-state index contributed by atoms with van der Waals surface area (Å²) in [6.45, 7) is 3.09. The monoisotopic (exact) mass is 366 g/mol. The van der Waals surface area contributed by atoms with E-state index in [1.54, 1.807) is 0 Å². The average molecular weight is 366 g/mol. The molecule has 0 heterocycles. The molecule has 0 bridgehead atoms. The lowest BCUT2D eigenvalue weighted by atomic mass is 10.0. The molecule has 0 spiro atoms. The van der Waals surface area contributed by atoms with Gasteiger partial charge in [0.25, 0.3) is 0 Å². The van der Waals surface area contributed by atoms with E-state index in [-0.39, 0.29) is 13.2 Å². The fourth-order valence-corrected chi connectivity index (χ4v) is 3.03. The van der Waals surface area contributed by atoms with Crippen LogP contribution < -0.4 is 0 Å². The molecule has 0 aromatic carbocycles. The van der Waals surface area contributed by atoms with Gasteiger partial charge in [-0.2, -0.15) is 0 Å². The summed E-state index contributed by atoms with van der Waals surface area (Å²) in [6.07, 6.45) is 18.6. The first-order valence-corrected chi connectivity index (χ1v) is 11.4. The molecule has 2 N–H and O–H groups in total. The number of ether oxygens (including phenoxy) is 1. The zero-order valence-electron chi connectivity index (χ0n) is 15.6. The molecule has 6 heteroatoms. The van der Waals surface area contributed by atoms with Gasteiger partial charge in [-0.05, 0) is 6.42 Å². The highest BCUT2D eigenvalue weighted by atomic mass is 31.2. The molecule has 0 aliphatic heterocycles. The van der Waals surface area contributed by atoms with Gasteiger partial charge in [0.05, 0.1) is 13.2 Å². The van der Waals surface area contributed by atoms with Crippen LogP contribution in [-0.2, 0) is 13.8 Å². The van der Waals surface area contributed by atoms with Gasteiger partial charge in [0.15, 0.2) is 0 Å². The van der Waals surface area contributed by atoms with Gasteiger partial charge in [0.2, 0.25) is 0 Å². The van der Waals surface area contributed by atoms with Gasteiger partial charge < -0.3 is 14.5 Å². The Morgan fingerprint density at radius 3 is 1.46 bits per heavy atom. The largest absolute Gasteiger partial charge is 0.469 e. The van der Waals surface area contributed by atoms with E-state index in [0.29, 0.717) is 6.61 Å². The molecule has 0 rings (SSSR count). The first-order valence-electron chi connectivity index (χ1n) is 9.84. The van der Waals surface area contributed by atoms with E-state index in [0.717, 1.165) is 12.8 Å². The molecule has 146 valence electrons. The molecule has 0 unspecified atom stereocenters. The van der Waals surface area contributed by atoms with Crippen LogP contribution >= 0.6 is 7.82 Å². The second-order valence-electron chi connectivity index (χ2n) is 6.53. The second kappa shape index (κ2) is 17.9. The lowest BCUT2D eigenvalue weighted by molar-refractivity contribution is 0.0831. The van der Waals surface area contributed by atoms with E-state index in [1.165, 1.54) is 77.0 Å². The van der Waals surface area contributed by atoms with Gasteiger partial charge in [-0.15, -0.1) is 0 Å². The summed E-state index contributed by atoms with van der Waals surface area (Å²) < 4.78 is 20.0. The fourth-order valence-electron chi connectivity index (χ4n) is 2.72.